The Morgan fingerprint density at radius 2 is 1.93 bits per heavy atom. The molecule has 0 radical (unpaired) electrons. The zero-order valence-corrected chi connectivity index (χ0v) is 23.9. The zero-order chi connectivity index (χ0) is 31.5. The maximum Gasteiger partial charge on any atom is 0.451 e. The molecular formula is C30H32F4N6O3. The fourth-order valence-corrected chi connectivity index (χ4v) is 4.67. The van der Waals surface area contributed by atoms with Crippen LogP contribution in [0.2, 0.25) is 0 Å². The molecule has 0 spiro atoms. The van der Waals surface area contributed by atoms with Crippen molar-refractivity contribution >= 4 is 17.6 Å². The molecule has 0 saturated carbocycles. The molecule has 2 atom stereocenters. The van der Waals surface area contributed by atoms with Gasteiger partial charge >= 0.3 is 6.18 Å². The third-order valence-corrected chi connectivity index (χ3v) is 7.13. The van der Waals surface area contributed by atoms with Crippen molar-refractivity contribution < 1.29 is 31.9 Å². The SMILES string of the molecule is C=C[C@@H]1CN(C[C@@H](Oc2cc(C)c(C(=O)Nc3nc(C(F)(F)F)ncc3C)cc2C(N)=O)c2ccc(C)c(F)c2)CCN1. The number of hydrogen-bond donors (Lipinski definition) is 3. The Balaban J connectivity index is 1.67. The normalized spacial score (nSPS) is 16.4. The molecule has 1 aliphatic heterocycles. The second-order valence-electron chi connectivity index (χ2n) is 10.4. The molecule has 43 heavy (non-hydrogen) atoms. The first-order valence-electron chi connectivity index (χ1n) is 13.4. The molecule has 2 aromatic carbocycles. The Hall–Kier alpha value is -4.36. The third-order valence-electron chi connectivity index (χ3n) is 7.13. The second-order valence-corrected chi connectivity index (χ2v) is 10.4. The van der Waals surface area contributed by atoms with E-state index in [0.717, 1.165) is 6.20 Å². The quantitative estimate of drug-likeness (QED) is 0.244. The predicted octanol–water partition coefficient (Wildman–Crippen LogP) is 4.49. The van der Waals surface area contributed by atoms with Crippen molar-refractivity contribution in [3.8, 4) is 5.75 Å². The number of hydrogen-bond acceptors (Lipinski definition) is 7. The molecule has 13 heteroatoms. The molecule has 9 nitrogen and oxygen atoms in total. The lowest BCUT2D eigenvalue weighted by molar-refractivity contribution is -0.144. The topological polar surface area (TPSA) is 122 Å². The van der Waals surface area contributed by atoms with Gasteiger partial charge in [-0.2, -0.15) is 13.2 Å². The monoisotopic (exact) mass is 600 g/mol. The number of aromatic nitrogens is 2. The van der Waals surface area contributed by atoms with Gasteiger partial charge in [-0.1, -0.05) is 18.2 Å². The zero-order valence-electron chi connectivity index (χ0n) is 23.9. The number of nitrogens with one attached hydrogen (secondary N) is 2. The number of nitrogens with zero attached hydrogens (tertiary/aromatic N) is 3. The van der Waals surface area contributed by atoms with Gasteiger partial charge in [-0.15, -0.1) is 6.58 Å². The number of carbonyl (C=O) groups excluding carboxylic acids is 2. The molecule has 4 N–H and O–H groups in total. The summed E-state index contributed by atoms with van der Waals surface area (Å²) in [5.74, 6) is -3.79. The fourth-order valence-electron chi connectivity index (χ4n) is 4.67. The van der Waals surface area contributed by atoms with Crippen LogP contribution in [-0.4, -0.2) is 58.9 Å². The van der Waals surface area contributed by atoms with Crippen LogP contribution >= 0.6 is 0 Å². The Labute approximate surface area is 246 Å². The number of primary amides is 1. The van der Waals surface area contributed by atoms with Crippen LogP contribution in [0.15, 0.2) is 49.2 Å². The number of nitrogens with two attached hydrogens (primary N) is 1. The summed E-state index contributed by atoms with van der Waals surface area (Å²) in [6, 6.07) is 7.48. The third kappa shape index (κ3) is 7.54. The molecule has 3 aromatic rings. The molecule has 0 aliphatic carbocycles. The average molecular weight is 601 g/mol. The van der Waals surface area contributed by atoms with Crippen molar-refractivity contribution in [2.24, 2.45) is 5.73 Å². The second kappa shape index (κ2) is 12.9. The number of anilines is 1. The van der Waals surface area contributed by atoms with E-state index in [4.69, 9.17) is 10.5 Å². The van der Waals surface area contributed by atoms with Gasteiger partial charge in [-0.05, 0) is 55.7 Å². The first-order valence-corrected chi connectivity index (χ1v) is 13.4. The lowest BCUT2D eigenvalue weighted by Gasteiger charge is -2.35. The van der Waals surface area contributed by atoms with Gasteiger partial charge in [0.2, 0.25) is 5.82 Å². The van der Waals surface area contributed by atoms with Crippen molar-refractivity contribution in [3.63, 3.8) is 0 Å². The fraction of sp³-hybridized carbons (Fsp3) is 0.333. The van der Waals surface area contributed by atoms with E-state index in [2.05, 4.69) is 32.1 Å². The van der Waals surface area contributed by atoms with Crippen LogP contribution in [0.1, 0.15) is 54.9 Å². The minimum atomic E-state index is -4.81. The van der Waals surface area contributed by atoms with Crippen LogP contribution in [-0.2, 0) is 6.18 Å². The molecule has 1 saturated heterocycles. The Morgan fingerprint density at radius 1 is 1.19 bits per heavy atom. The smallest absolute Gasteiger partial charge is 0.451 e. The number of rotatable bonds is 9. The van der Waals surface area contributed by atoms with Crippen molar-refractivity contribution in [2.45, 2.75) is 39.1 Å². The van der Waals surface area contributed by atoms with Gasteiger partial charge in [0.1, 0.15) is 23.5 Å². The van der Waals surface area contributed by atoms with Crippen LogP contribution in [0.5, 0.6) is 5.75 Å². The van der Waals surface area contributed by atoms with E-state index in [1.807, 2.05) is 0 Å². The molecule has 1 aromatic heterocycles. The highest BCUT2D eigenvalue weighted by molar-refractivity contribution is 6.07. The van der Waals surface area contributed by atoms with Gasteiger partial charge < -0.3 is 21.1 Å². The van der Waals surface area contributed by atoms with Crippen LogP contribution in [0.3, 0.4) is 0 Å². The summed E-state index contributed by atoms with van der Waals surface area (Å²) in [6.07, 6.45) is -2.78. The summed E-state index contributed by atoms with van der Waals surface area (Å²) < 4.78 is 60.3. The van der Waals surface area contributed by atoms with Crippen molar-refractivity contribution in [2.75, 3.05) is 31.5 Å². The summed E-state index contributed by atoms with van der Waals surface area (Å²) in [7, 11) is 0. The minimum absolute atomic E-state index is 0.0263. The standard InChI is InChI=1S/C30H32F4N6O3/c1-5-20-14-40(9-8-36-20)15-25(19-7-6-16(2)23(31)11-19)43-24-10-17(3)21(12-22(24)26(35)41)28(42)38-27-18(4)13-37-29(39-27)30(32,33)34/h5-7,10-13,20,25,36H,1,8-9,14-15H2,2-4H3,(H2,35,41)(H,37,38,39,42)/t20-,25-/m1/s1. The van der Waals surface area contributed by atoms with Crippen LogP contribution in [0, 0.1) is 26.6 Å². The number of piperazine rings is 1. The Kier molecular flexibility index (Phi) is 9.46. The first kappa shape index (κ1) is 31.6. The van der Waals surface area contributed by atoms with Gasteiger partial charge in [-0.25, -0.2) is 14.4 Å². The van der Waals surface area contributed by atoms with E-state index in [1.54, 1.807) is 32.1 Å². The number of ether oxygens (including phenoxy) is 1. The van der Waals surface area contributed by atoms with E-state index in [0.29, 0.717) is 42.9 Å². The molecular weight excluding hydrogens is 568 g/mol. The largest absolute Gasteiger partial charge is 0.484 e. The molecule has 2 heterocycles. The lowest BCUT2D eigenvalue weighted by Crippen LogP contribution is -2.51. The lowest BCUT2D eigenvalue weighted by atomic mass is 10.0. The number of alkyl halides is 3. The molecule has 4 rings (SSSR count). The summed E-state index contributed by atoms with van der Waals surface area (Å²) >= 11 is 0. The maximum absolute atomic E-state index is 14.6. The number of amides is 2. The summed E-state index contributed by atoms with van der Waals surface area (Å²) in [4.78, 5) is 34.5. The molecule has 228 valence electrons. The van der Waals surface area contributed by atoms with Crippen molar-refractivity contribution in [1.82, 2.24) is 20.2 Å². The highest BCUT2D eigenvalue weighted by atomic mass is 19.4. The molecule has 1 fully saturated rings. The van der Waals surface area contributed by atoms with Gasteiger partial charge in [-0.3, -0.25) is 14.5 Å². The molecule has 0 unspecified atom stereocenters. The molecule has 1 aliphatic rings. The molecule has 0 bridgehead atoms. The van der Waals surface area contributed by atoms with Gasteiger partial charge in [0.05, 0.1) is 5.56 Å². The predicted molar refractivity (Wildman–Crippen MR) is 152 cm³/mol. The van der Waals surface area contributed by atoms with Gasteiger partial charge in [0.15, 0.2) is 0 Å². The van der Waals surface area contributed by atoms with Gasteiger partial charge in [0.25, 0.3) is 11.8 Å². The number of benzene rings is 2. The average Bonchev–Trinajstić information content (AvgIpc) is 2.94. The van der Waals surface area contributed by atoms with Crippen LogP contribution in [0.25, 0.3) is 0 Å². The Morgan fingerprint density at radius 3 is 2.58 bits per heavy atom. The van der Waals surface area contributed by atoms with E-state index in [1.165, 1.54) is 25.1 Å². The van der Waals surface area contributed by atoms with E-state index < -0.39 is 35.7 Å². The van der Waals surface area contributed by atoms with E-state index >= 15 is 0 Å². The first-order chi connectivity index (χ1) is 20.3. The maximum atomic E-state index is 14.6. The summed E-state index contributed by atoms with van der Waals surface area (Å²) in [5, 5.41) is 5.70. The van der Waals surface area contributed by atoms with Gasteiger partial charge in [0, 0.05) is 49.5 Å². The van der Waals surface area contributed by atoms with Crippen molar-refractivity contribution in [1.29, 1.82) is 0 Å². The van der Waals surface area contributed by atoms with Crippen molar-refractivity contribution in [3.05, 3.63) is 94.2 Å². The highest BCUT2D eigenvalue weighted by Gasteiger charge is 2.35. The summed E-state index contributed by atoms with van der Waals surface area (Å²) in [6.45, 7) is 10.9. The van der Waals surface area contributed by atoms with E-state index in [-0.39, 0.29) is 34.3 Å². The summed E-state index contributed by atoms with van der Waals surface area (Å²) in [5.41, 5.74) is 7.06. The molecule has 2 amide bonds. The number of aryl methyl sites for hydroxylation is 3. The Bertz CT molecular complexity index is 1550. The minimum Gasteiger partial charge on any atom is -0.484 e. The highest BCUT2D eigenvalue weighted by Crippen LogP contribution is 2.31. The van der Waals surface area contributed by atoms with Crippen LogP contribution < -0.4 is 21.1 Å². The van der Waals surface area contributed by atoms with E-state index in [9.17, 15) is 27.2 Å². The van der Waals surface area contributed by atoms with Crippen LogP contribution in [0.4, 0.5) is 23.4 Å². The number of halogens is 4. The number of carbonyl (C=O) groups is 2.